The SMILES string of the molecule is CC(C)(C)c1cc(O[Si](C)(C)C)cc(B2OC(C)(C)C(C)(C)O2)c1. The van der Waals surface area contributed by atoms with Gasteiger partial charge < -0.3 is 13.7 Å². The molecule has 1 aliphatic rings. The first-order valence-electron chi connectivity index (χ1n) is 8.81. The molecule has 3 nitrogen and oxygen atoms in total. The van der Waals surface area contributed by atoms with Crippen LogP contribution < -0.4 is 9.89 Å². The first-order valence-corrected chi connectivity index (χ1v) is 12.2. The Morgan fingerprint density at radius 3 is 1.83 bits per heavy atom. The number of hydrogen-bond acceptors (Lipinski definition) is 3. The molecule has 2 rings (SSSR count). The fourth-order valence-corrected chi connectivity index (χ4v) is 3.41. The molecule has 0 aromatic heterocycles. The summed E-state index contributed by atoms with van der Waals surface area (Å²) >= 11 is 0. The Hall–Kier alpha value is -0.778. The van der Waals surface area contributed by atoms with Crippen molar-refractivity contribution in [1.82, 2.24) is 0 Å². The van der Waals surface area contributed by atoms with Crippen LogP contribution in [0.3, 0.4) is 0 Å². The Labute approximate surface area is 149 Å². The second-order valence-corrected chi connectivity index (χ2v) is 14.3. The molecule has 0 bridgehead atoms. The predicted octanol–water partition coefficient (Wildman–Crippen LogP) is 4.50. The minimum atomic E-state index is -1.68. The molecule has 0 aliphatic carbocycles. The van der Waals surface area contributed by atoms with Gasteiger partial charge in [-0.1, -0.05) is 26.8 Å². The number of rotatable bonds is 3. The summed E-state index contributed by atoms with van der Waals surface area (Å²) in [7, 11) is -2.04. The van der Waals surface area contributed by atoms with Gasteiger partial charge in [0.2, 0.25) is 8.32 Å². The minimum absolute atomic E-state index is 0.0389. The van der Waals surface area contributed by atoms with E-state index in [0.717, 1.165) is 11.2 Å². The number of hydrogen-bond donors (Lipinski definition) is 0. The minimum Gasteiger partial charge on any atom is -0.544 e. The zero-order valence-corrected chi connectivity index (χ0v) is 18.0. The monoisotopic (exact) mass is 348 g/mol. The molecule has 1 aliphatic heterocycles. The van der Waals surface area contributed by atoms with Gasteiger partial charge in [0.05, 0.1) is 11.2 Å². The van der Waals surface area contributed by atoms with Gasteiger partial charge in [0, 0.05) is 0 Å². The lowest BCUT2D eigenvalue weighted by Crippen LogP contribution is -2.41. The van der Waals surface area contributed by atoms with E-state index in [-0.39, 0.29) is 23.7 Å². The Morgan fingerprint density at radius 2 is 1.42 bits per heavy atom. The van der Waals surface area contributed by atoms with E-state index in [1.165, 1.54) is 5.56 Å². The Bertz CT molecular complexity index is 596. The molecule has 0 spiro atoms. The molecule has 1 saturated heterocycles. The second-order valence-electron chi connectivity index (χ2n) is 9.84. The van der Waals surface area contributed by atoms with Crippen molar-refractivity contribution in [2.75, 3.05) is 0 Å². The third-order valence-electron chi connectivity index (χ3n) is 4.74. The molecule has 0 saturated carbocycles. The molecule has 134 valence electrons. The Kier molecular flexibility index (Phi) is 4.80. The summed E-state index contributed by atoms with van der Waals surface area (Å²) in [5.41, 5.74) is 1.64. The summed E-state index contributed by atoms with van der Waals surface area (Å²) in [6.45, 7) is 21.6. The van der Waals surface area contributed by atoms with Gasteiger partial charge in [0.15, 0.2) is 0 Å². The summed E-state index contributed by atoms with van der Waals surface area (Å²) in [6, 6.07) is 6.43. The normalized spacial score (nSPS) is 20.3. The van der Waals surface area contributed by atoms with E-state index in [1.807, 2.05) is 0 Å². The van der Waals surface area contributed by atoms with Crippen LogP contribution in [0.4, 0.5) is 0 Å². The van der Waals surface area contributed by atoms with E-state index in [9.17, 15) is 0 Å². The molecule has 0 radical (unpaired) electrons. The van der Waals surface area contributed by atoms with Gasteiger partial charge in [0.25, 0.3) is 0 Å². The molecule has 0 N–H and O–H groups in total. The van der Waals surface area contributed by atoms with Crippen LogP contribution in [0.1, 0.15) is 54.0 Å². The third kappa shape index (κ3) is 4.24. The van der Waals surface area contributed by atoms with Crippen molar-refractivity contribution in [3.8, 4) is 5.75 Å². The van der Waals surface area contributed by atoms with Crippen LogP contribution in [0.5, 0.6) is 5.75 Å². The maximum absolute atomic E-state index is 6.27. The lowest BCUT2D eigenvalue weighted by Gasteiger charge is -2.32. The van der Waals surface area contributed by atoms with E-state index in [0.29, 0.717) is 0 Å². The van der Waals surface area contributed by atoms with Crippen molar-refractivity contribution >= 4 is 20.9 Å². The first-order chi connectivity index (χ1) is 10.6. The summed E-state index contributed by atoms with van der Waals surface area (Å²) < 4.78 is 18.7. The molecule has 5 heteroatoms. The molecule has 1 heterocycles. The van der Waals surface area contributed by atoms with Crippen LogP contribution in [0, 0.1) is 0 Å². The Balaban J connectivity index is 2.45. The van der Waals surface area contributed by atoms with Gasteiger partial charge in [-0.15, -0.1) is 0 Å². The zero-order chi connectivity index (χ0) is 18.6. The molecule has 24 heavy (non-hydrogen) atoms. The summed E-state index contributed by atoms with van der Waals surface area (Å²) in [4.78, 5) is 0. The lowest BCUT2D eigenvalue weighted by atomic mass is 9.75. The lowest BCUT2D eigenvalue weighted by molar-refractivity contribution is 0.00578. The van der Waals surface area contributed by atoms with Gasteiger partial charge in [0.1, 0.15) is 5.75 Å². The zero-order valence-electron chi connectivity index (χ0n) is 17.0. The average molecular weight is 348 g/mol. The highest BCUT2D eigenvalue weighted by Gasteiger charge is 2.51. The molecule has 0 amide bonds. The molecular formula is C19H33BO3Si. The maximum atomic E-state index is 6.27. The average Bonchev–Trinajstić information content (AvgIpc) is 2.55. The van der Waals surface area contributed by atoms with Crippen LogP contribution in [-0.2, 0) is 14.7 Å². The smallest absolute Gasteiger partial charge is 0.494 e. The van der Waals surface area contributed by atoms with Crippen molar-refractivity contribution in [2.24, 2.45) is 0 Å². The van der Waals surface area contributed by atoms with Crippen LogP contribution >= 0.6 is 0 Å². The van der Waals surface area contributed by atoms with Crippen molar-refractivity contribution in [3.05, 3.63) is 23.8 Å². The van der Waals surface area contributed by atoms with Crippen LogP contribution in [0.15, 0.2) is 18.2 Å². The number of benzene rings is 1. The van der Waals surface area contributed by atoms with Gasteiger partial charge in [-0.2, -0.15) is 0 Å². The van der Waals surface area contributed by atoms with Crippen molar-refractivity contribution in [2.45, 2.75) is 84.7 Å². The summed E-state index contributed by atoms with van der Waals surface area (Å²) in [5, 5.41) is 0. The van der Waals surface area contributed by atoms with Gasteiger partial charge in [-0.25, -0.2) is 0 Å². The highest BCUT2D eigenvalue weighted by Crippen LogP contribution is 2.37. The molecule has 1 fully saturated rings. The van der Waals surface area contributed by atoms with Crippen LogP contribution in [-0.4, -0.2) is 26.6 Å². The topological polar surface area (TPSA) is 27.7 Å². The van der Waals surface area contributed by atoms with Crippen molar-refractivity contribution < 1.29 is 13.7 Å². The highest BCUT2D eigenvalue weighted by molar-refractivity contribution is 6.70. The van der Waals surface area contributed by atoms with Gasteiger partial charge in [-0.3, -0.25) is 0 Å². The van der Waals surface area contributed by atoms with Crippen molar-refractivity contribution in [3.63, 3.8) is 0 Å². The largest absolute Gasteiger partial charge is 0.544 e. The van der Waals surface area contributed by atoms with E-state index in [1.54, 1.807) is 0 Å². The molecule has 0 atom stereocenters. The first kappa shape index (κ1) is 19.5. The molecule has 0 unspecified atom stereocenters. The summed E-state index contributed by atoms with van der Waals surface area (Å²) in [6.07, 6.45) is 0. The van der Waals surface area contributed by atoms with Crippen LogP contribution in [0.25, 0.3) is 0 Å². The standard InChI is InChI=1S/C19H33BO3Si/c1-17(2,3)14-11-15(13-16(12-14)21-24(8,9)10)20-22-18(4,5)19(6,7)23-20/h11-13H,1-10H3. The molecule has 1 aromatic carbocycles. The van der Waals surface area contributed by atoms with Gasteiger partial charge >= 0.3 is 7.12 Å². The maximum Gasteiger partial charge on any atom is 0.494 e. The fraction of sp³-hybridized carbons (Fsp3) is 0.684. The van der Waals surface area contributed by atoms with Crippen LogP contribution in [0.2, 0.25) is 19.6 Å². The van der Waals surface area contributed by atoms with E-state index in [4.69, 9.17) is 13.7 Å². The Morgan fingerprint density at radius 1 is 0.917 bits per heavy atom. The highest BCUT2D eigenvalue weighted by atomic mass is 28.4. The fourth-order valence-electron chi connectivity index (χ4n) is 2.58. The van der Waals surface area contributed by atoms with E-state index >= 15 is 0 Å². The predicted molar refractivity (Wildman–Crippen MR) is 105 cm³/mol. The molecule has 1 aromatic rings. The second kappa shape index (κ2) is 5.89. The van der Waals surface area contributed by atoms with E-state index in [2.05, 4.69) is 86.3 Å². The van der Waals surface area contributed by atoms with Crippen molar-refractivity contribution in [1.29, 1.82) is 0 Å². The summed E-state index contributed by atoms with van der Waals surface area (Å²) in [5.74, 6) is 0.923. The van der Waals surface area contributed by atoms with E-state index < -0.39 is 8.32 Å². The molecular weight excluding hydrogens is 315 g/mol. The quantitative estimate of drug-likeness (QED) is 0.753. The van der Waals surface area contributed by atoms with Gasteiger partial charge in [-0.05, 0) is 75.9 Å². The third-order valence-corrected chi connectivity index (χ3v) is 5.59.